The molecule has 1 aromatic heterocycles. The fourth-order valence-corrected chi connectivity index (χ4v) is 2.12. The molecule has 1 aromatic rings. The van der Waals surface area contributed by atoms with Crippen molar-refractivity contribution in [2.24, 2.45) is 0 Å². The lowest BCUT2D eigenvalue weighted by molar-refractivity contribution is 0.0742. The number of aromatic nitrogens is 2. The molecule has 0 radical (unpaired) electrons. The molecule has 0 amide bonds. The van der Waals surface area contributed by atoms with Crippen molar-refractivity contribution in [1.82, 2.24) is 15.3 Å². The fourth-order valence-electron chi connectivity index (χ4n) is 2.12. The molecule has 0 unspecified atom stereocenters. The summed E-state index contributed by atoms with van der Waals surface area (Å²) in [4.78, 5) is 8.87. The molecule has 5 heteroatoms. The molecular weight excluding hydrogens is 216 g/mol. The minimum Gasteiger partial charge on any atom is -0.378 e. The van der Waals surface area contributed by atoms with Crippen LogP contribution < -0.4 is 10.6 Å². The molecule has 1 aliphatic heterocycles. The van der Waals surface area contributed by atoms with Crippen molar-refractivity contribution >= 4 is 5.82 Å². The summed E-state index contributed by atoms with van der Waals surface area (Å²) in [6.07, 6.45) is 5.65. The minimum atomic E-state index is 0.131. The van der Waals surface area contributed by atoms with Crippen LogP contribution >= 0.6 is 0 Å². The Balaban J connectivity index is 1.68. The van der Waals surface area contributed by atoms with Gasteiger partial charge in [-0.2, -0.15) is 0 Å². The van der Waals surface area contributed by atoms with Gasteiger partial charge in [0.25, 0.3) is 0 Å². The van der Waals surface area contributed by atoms with E-state index in [9.17, 15) is 0 Å². The van der Waals surface area contributed by atoms with E-state index in [2.05, 4.69) is 20.6 Å². The van der Waals surface area contributed by atoms with Crippen molar-refractivity contribution in [3.8, 4) is 0 Å². The van der Waals surface area contributed by atoms with Crippen molar-refractivity contribution in [3.63, 3.8) is 0 Å². The maximum Gasteiger partial charge on any atom is 0.149 e. The third-order valence-corrected chi connectivity index (χ3v) is 3.36. The zero-order chi connectivity index (χ0) is 11.5. The molecule has 3 rings (SSSR count). The van der Waals surface area contributed by atoms with Gasteiger partial charge in [0, 0.05) is 18.8 Å². The molecule has 1 saturated heterocycles. The van der Waals surface area contributed by atoms with E-state index in [1.807, 2.05) is 12.3 Å². The number of hydrogen-bond donors (Lipinski definition) is 2. The Labute approximate surface area is 101 Å². The summed E-state index contributed by atoms with van der Waals surface area (Å²) < 4.78 is 5.43. The molecule has 5 nitrogen and oxygen atoms in total. The predicted molar refractivity (Wildman–Crippen MR) is 64.9 cm³/mol. The summed E-state index contributed by atoms with van der Waals surface area (Å²) in [6, 6.07) is 2.67. The van der Waals surface area contributed by atoms with E-state index in [-0.39, 0.29) is 6.04 Å². The summed E-state index contributed by atoms with van der Waals surface area (Å²) in [5.41, 5.74) is 0. The van der Waals surface area contributed by atoms with Crippen LogP contribution in [0.3, 0.4) is 0 Å². The number of rotatable bonds is 3. The van der Waals surface area contributed by atoms with E-state index >= 15 is 0 Å². The SMILES string of the molecule is c1cc(NC2CCC2)nc([C@@H]2COCCN2)n1. The van der Waals surface area contributed by atoms with Crippen molar-refractivity contribution in [3.05, 3.63) is 18.1 Å². The highest BCUT2D eigenvalue weighted by Gasteiger charge is 2.20. The number of hydrogen-bond acceptors (Lipinski definition) is 5. The van der Waals surface area contributed by atoms with Crippen molar-refractivity contribution in [2.45, 2.75) is 31.3 Å². The standard InChI is InChI=1S/C12H18N4O/c1-2-9(3-1)15-11-4-5-14-12(16-11)10-8-17-7-6-13-10/h4-5,9-10,13H,1-3,6-8H2,(H,14,15,16)/t10-/m0/s1. The lowest BCUT2D eigenvalue weighted by Gasteiger charge is -2.27. The van der Waals surface area contributed by atoms with Crippen molar-refractivity contribution < 1.29 is 4.74 Å². The average Bonchev–Trinajstić information content (AvgIpc) is 2.35. The summed E-state index contributed by atoms with van der Waals surface area (Å²) in [7, 11) is 0. The first-order valence-corrected chi connectivity index (χ1v) is 6.32. The van der Waals surface area contributed by atoms with Crippen LogP contribution in [0.1, 0.15) is 31.1 Å². The minimum absolute atomic E-state index is 0.131. The van der Waals surface area contributed by atoms with Gasteiger partial charge >= 0.3 is 0 Å². The molecule has 92 valence electrons. The van der Waals surface area contributed by atoms with Crippen LogP contribution in [0.25, 0.3) is 0 Å². The quantitative estimate of drug-likeness (QED) is 0.820. The van der Waals surface area contributed by atoms with Gasteiger partial charge < -0.3 is 15.4 Å². The lowest BCUT2D eigenvalue weighted by atomic mass is 9.93. The molecule has 2 heterocycles. The molecular formula is C12H18N4O. The molecule has 2 aliphatic rings. The molecule has 17 heavy (non-hydrogen) atoms. The van der Waals surface area contributed by atoms with E-state index in [1.54, 1.807) is 0 Å². The summed E-state index contributed by atoms with van der Waals surface area (Å²) in [5.74, 6) is 1.76. The maximum absolute atomic E-state index is 5.43. The summed E-state index contributed by atoms with van der Waals surface area (Å²) in [6.45, 7) is 2.30. The summed E-state index contributed by atoms with van der Waals surface area (Å²) in [5, 5.41) is 6.80. The molecule has 1 atom stereocenters. The van der Waals surface area contributed by atoms with Gasteiger partial charge in [-0.1, -0.05) is 0 Å². The van der Waals surface area contributed by atoms with Gasteiger partial charge in [0.1, 0.15) is 11.6 Å². The highest BCUT2D eigenvalue weighted by atomic mass is 16.5. The van der Waals surface area contributed by atoms with Gasteiger partial charge in [0.2, 0.25) is 0 Å². The van der Waals surface area contributed by atoms with E-state index in [1.165, 1.54) is 19.3 Å². The van der Waals surface area contributed by atoms with Gasteiger partial charge in [-0.05, 0) is 25.3 Å². The third-order valence-electron chi connectivity index (χ3n) is 3.36. The van der Waals surface area contributed by atoms with E-state index in [0.717, 1.165) is 24.8 Å². The van der Waals surface area contributed by atoms with Gasteiger partial charge in [-0.3, -0.25) is 0 Å². The number of nitrogens with one attached hydrogen (secondary N) is 2. The van der Waals surface area contributed by atoms with Crippen LogP contribution in [-0.2, 0) is 4.74 Å². The number of morpholine rings is 1. The zero-order valence-corrected chi connectivity index (χ0v) is 9.85. The predicted octanol–water partition coefficient (Wildman–Crippen LogP) is 1.10. The van der Waals surface area contributed by atoms with Gasteiger partial charge in [0.05, 0.1) is 19.3 Å². The van der Waals surface area contributed by atoms with E-state index < -0.39 is 0 Å². The molecule has 0 aromatic carbocycles. The normalized spacial score (nSPS) is 25.3. The smallest absolute Gasteiger partial charge is 0.149 e. The molecule has 1 saturated carbocycles. The second-order valence-corrected chi connectivity index (χ2v) is 4.65. The Kier molecular flexibility index (Phi) is 3.20. The number of ether oxygens (including phenoxy) is 1. The Hall–Kier alpha value is -1.20. The van der Waals surface area contributed by atoms with E-state index in [4.69, 9.17) is 4.74 Å². The Morgan fingerprint density at radius 3 is 3.06 bits per heavy atom. The Bertz CT molecular complexity index is 375. The second-order valence-electron chi connectivity index (χ2n) is 4.65. The van der Waals surface area contributed by atoms with Crippen LogP contribution in [0.5, 0.6) is 0 Å². The second kappa shape index (κ2) is 4.98. The fraction of sp³-hybridized carbons (Fsp3) is 0.667. The monoisotopic (exact) mass is 234 g/mol. The molecule has 1 aliphatic carbocycles. The highest BCUT2D eigenvalue weighted by Crippen LogP contribution is 2.22. The topological polar surface area (TPSA) is 59.1 Å². The van der Waals surface area contributed by atoms with Crippen LogP contribution in [0, 0.1) is 0 Å². The average molecular weight is 234 g/mol. The lowest BCUT2D eigenvalue weighted by Crippen LogP contribution is -2.36. The first-order valence-electron chi connectivity index (χ1n) is 6.32. The first kappa shape index (κ1) is 10.9. The van der Waals surface area contributed by atoms with Crippen LogP contribution in [0.4, 0.5) is 5.82 Å². The highest BCUT2D eigenvalue weighted by molar-refractivity contribution is 5.35. The van der Waals surface area contributed by atoms with Crippen LogP contribution in [0.2, 0.25) is 0 Å². The number of anilines is 1. The molecule has 0 spiro atoms. The molecule has 2 fully saturated rings. The third kappa shape index (κ3) is 2.56. The Morgan fingerprint density at radius 2 is 2.35 bits per heavy atom. The number of nitrogens with zero attached hydrogens (tertiary/aromatic N) is 2. The van der Waals surface area contributed by atoms with Crippen molar-refractivity contribution in [1.29, 1.82) is 0 Å². The van der Waals surface area contributed by atoms with Crippen molar-refractivity contribution in [2.75, 3.05) is 25.1 Å². The van der Waals surface area contributed by atoms with Crippen LogP contribution in [0.15, 0.2) is 12.3 Å². The zero-order valence-electron chi connectivity index (χ0n) is 9.85. The molecule has 2 N–H and O–H groups in total. The van der Waals surface area contributed by atoms with Crippen LogP contribution in [-0.4, -0.2) is 35.8 Å². The molecule has 0 bridgehead atoms. The first-order chi connectivity index (χ1) is 8.42. The van der Waals surface area contributed by atoms with Gasteiger partial charge in [-0.15, -0.1) is 0 Å². The maximum atomic E-state index is 5.43. The van der Waals surface area contributed by atoms with Gasteiger partial charge in [0.15, 0.2) is 0 Å². The van der Waals surface area contributed by atoms with E-state index in [0.29, 0.717) is 12.6 Å². The largest absolute Gasteiger partial charge is 0.378 e. The Morgan fingerprint density at radius 1 is 1.41 bits per heavy atom. The van der Waals surface area contributed by atoms with Gasteiger partial charge in [-0.25, -0.2) is 9.97 Å². The summed E-state index contributed by atoms with van der Waals surface area (Å²) >= 11 is 0.